The summed E-state index contributed by atoms with van der Waals surface area (Å²) in [5, 5.41) is 3.63. The minimum atomic E-state index is -4.14. The van der Waals surface area contributed by atoms with Crippen LogP contribution in [-0.4, -0.2) is 54.2 Å². The topological polar surface area (TPSA) is 118 Å². The van der Waals surface area contributed by atoms with Crippen molar-refractivity contribution in [2.45, 2.75) is 54.8 Å². The predicted molar refractivity (Wildman–Crippen MR) is 182 cm³/mol. The number of thioether (sulfide) groups is 1. The Morgan fingerprint density at radius 3 is 2.41 bits per heavy atom. The monoisotopic (exact) mass is 722 g/mol. The quantitative estimate of drug-likeness (QED) is 0.166. The number of pyridine rings is 1. The number of nitrogens with zero attached hydrogens (tertiary/aromatic N) is 4. The van der Waals surface area contributed by atoms with Crippen LogP contribution in [0.3, 0.4) is 0 Å². The van der Waals surface area contributed by atoms with Crippen LogP contribution in [0.15, 0.2) is 64.9 Å². The van der Waals surface area contributed by atoms with Gasteiger partial charge in [0.1, 0.15) is 11.6 Å². The molecule has 5 rings (SSSR count). The summed E-state index contributed by atoms with van der Waals surface area (Å²) in [5.41, 5.74) is 5.37. The molecule has 0 bridgehead atoms. The molecule has 15 heteroatoms. The van der Waals surface area contributed by atoms with Crippen LogP contribution in [0.4, 0.5) is 4.79 Å². The molecule has 0 saturated carbocycles. The summed E-state index contributed by atoms with van der Waals surface area (Å²) in [7, 11) is -2.56. The number of benzene rings is 2. The van der Waals surface area contributed by atoms with Gasteiger partial charge in [0.25, 0.3) is 10.0 Å². The van der Waals surface area contributed by atoms with E-state index in [1.807, 2.05) is 35.9 Å². The lowest BCUT2D eigenvalue weighted by Crippen LogP contribution is -2.47. The lowest BCUT2D eigenvalue weighted by molar-refractivity contribution is 0.202. The zero-order valence-corrected chi connectivity index (χ0v) is 29.5. The number of nitrogens with one attached hydrogen (secondary N) is 2. The maximum absolute atomic E-state index is 12.9. The molecule has 1 aliphatic rings. The fraction of sp³-hybridized carbons (Fsp3) is 0.323. The second-order valence-electron chi connectivity index (χ2n) is 11.3. The number of urea groups is 1. The molecule has 1 saturated heterocycles. The molecule has 2 aromatic carbocycles. The summed E-state index contributed by atoms with van der Waals surface area (Å²) in [6.07, 6.45) is 5.30. The van der Waals surface area contributed by atoms with Crippen LogP contribution >= 0.6 is 46.6 Å². The van der Waals surface area contributed by atoms with Gasteiger partial charge >= 0.3 is 6.03 Å². The first-order chi connectivity index (χ1) is 21.8. The zero-order valence-electron chi connectivity index (χ0n) is 25.6. The number of imidazole rings is 1. The van der Waals surface area contributed by atoms with Crippen molar-refractivity contribution in [2.24, 2.45) is 0 Å². The third-order valence-corrected chi connectivity index (χ3v) is 11.2. The second-order valence-corrected chi connectivity index (χ2v) is 15.2. The lowest BCUT2D eigenvalue weighted by Gasteiger charge is -2.27. The Labute approximate surface area is 287 Å². The van der Waals surface area contributed by atoms with Gasteiger partial charge in [0.05, 0.1) is 33.9 Å². The minimum Gasteiger partial charge on any atom is -0.495 e. The van der Waals surface area contributed by atoms with Crippen LogP contribution in [-0.2, 0) is 21.2 Å². The van der Waals surface area contributed by atoms with Gasteiger partial charge in [-0.25, -0.2) is 32.9 Å². The van der Waals surface area contributed by atoms with Gasteiger partial charge in [-0.2, -0.15) is 0 Å². The van der Waals surface area contributed by atoms with Crippen LogP contribution in [0.1, 0.15) is 49.1 Å². The van der Waals surface area contributed by atoms with E-state index in [2.05, 4.69) is 29.0 Å². The van der Waals surface area contributed by atoms with E-state index in [-0.39, 0.29) is 9.92 Å². The smallest absolute Gasteiger partial charge is 0.343 e. The number of aromatic nitrogens is 3. The third-order valence-electron chi connectivity index (χ3n) is 7.79. The Morgan fingerprint density at radius 2 is 1.74 bits per heavy atom. The van der Waals surface area contributed by atoms with E-state index in [4.69, 9.17) is 44.5 Å². The van der Waals surface area contributed by atoms with Crippen molar-refractivity contribution in [1.29, 1.82) is 0 Å². The highest BCUT2D eigenvalue weighted by molar-refractivity contribution is 7.98. The molecule has 0 atom stereocenters. The van der Waals surface area contributed by atoms with Gasteiger partial charge in [-0.1, -0.05) is 72.5 Å². The average molecular weight is 724 g/mol. The van der Waals surface area contributed by atoms with E-state index >= 15 is 0 Å². The number of hydrogen-bond acceptors (Lipinski definition) is 8. The summed E-state index contributed by atoms with van der Waals surface area (Å²) >= 11 is 20.6. The summed E-state index contributed by atoms with van der Waals surface area (Å²) in [5.74, 6) is 1.58. The molecule has 3 heterocycles. The molecule has 2 N–H and O–H groups in total. The second kappa shape index (κ2) is 14.0. The zero-order chi connectivity index (χ0) is 33.2. The maximum Gasteiger partial charge on any atom is 0.343 e. The van der Waals surface area contributed by atoms with Crippen molar-refractivity contribution >= 4 is 62.6 Å². The predicted octanol–water partition coefficient (Wildman–Crippen LogP) is 7.16. The first-order valence-corrected chi connectivity index (χ1v) is 17.9. The van der Waals surface area contributed by atoms with E-state index < -0.39 is 21.5 Å². The minimum absolute atomic E-state index is 0.118. The molecule has 46 heavy (non-hydrogen) atoms. The number of amides is 2. The number of hydrazine groups is 1. The molecule has 1 aliphatic heterocycles. The lowest BCUT2D eigenvalue weighted by atomic mass is 9.81. The Bertz CT molecular complexity index is 1880. The molecule has 2 amide bonds. The molecule has 4 aromatic rings. The summed E-state index contributed by atoms with van der Waals surface area (Å²) < 4.78 is 35.3. The van der Waals surface area contributed by atoms with Gasteiger partial charge in [0.15, 0.2) is 5.16 Å². The number of halogens is 3. The molecule has 0 radical (unpaired) electrons. The molecular formula is C31H33Cl3N6O4S2. The average Bonchev–Trinajstić information content (AvgIpc) is 3.68. The Balaban J connectivity index is 1.42. The van der Waals surface area contributed by atoms with Crippen molar-refractivity contribution in [3.05, 3.63) is 92.3 Å². The van der Waals surface area contributed by atoms with Crippen LogP contribution in [0, 0.1) is 6.92 Å². The first kappa shape index (κ1) is 34.3. The number of rotatable bonds is 10. The molecule has 2 aromatic heterocycles. The van der Waals surface area contributed by atoms with Crippen LogP contribution in [0.5, 0.6) is 5.75 Å². The Kier molecular flexibility index (Phi) is 10.5. The Hall–Kier alpha value is -3.00. The Morgan fingerprint density at radius 1 is 1.00 bits per heavy atom. The first-order valence-electron chi connectivity index (χ1n) is 14.3. The van der Waals surface area contributed by atoms with Crippen molar-refractivity contribution in [1.82, 2.24) is 29.7 Å². The molecular weight excluding hydrogens is 691 g/mol. The fourth-order valence-electron chi connectivity index (χ4n) is 5.07. The van der Waals surface area contributed by atoms with E-state index in [9.17, 15) is 13.2 Å². The largest absolute Gasteiger partial charge is 0.495 e. The van der Waals surface area contributed by atoms with Crippen molar-refractivity contribution in [3.63, 3.8) is 0 Å². The SMILES string of the molecule is COc1cc(C(C)(C)c2cnc(SCc3ccc(S(=O)(=O)NC(=O)NN4CCCC4)cc3Cl)n2-c2cc(C)c(Cl)cn2)ccc1Cl. The highest BCUT2D eigenvalue weighted by Crippen LogP contribution is 2.39. The molecule has 0 aliphatic carbocycles. The number of ether oxygens (including phenoxy) is 1. The fourth-order valence-corrected chi connectivity index (χ4v) is 7.67. The van der Waals surface area contributed by atoms with Gasteiger partial charge in [0, 0.05) is 35.5 Å². The van der Waals surface area contributed by atoms with E-state index in [1.165, 1.54) is 23.9 Å². The van der Waals surface area contributed by atoms with Gasteiger partial charge in [-0.05, 0) is 66.8 Å². The maximum atomic E-state index is 12.9. The number of carbonyl (C=O) groups excluding carboxylic acids is 1. The van der Waals surface area contributed by atoms with Crippen molar-refractivity contribution in [2.75, 3.05) is 20.2 Å². The number of hydrogen-bond donors (Lipinski definition) is 2. The number of sulfonamides is 1. The molecule has 1 fully saturated rings. The van der Waals surface area contributed by atoms with Crippen LogP contribution in [0.2, 0.25) is 15.1 Å². The highest BCUT2D eigenvalue weighted by Gasteiger charge is 2.31. The number of carbonyl (C=O) groups is 1. The van der Waals surface area contributed by atoms with Crippen LogP contribution < -0.4 is 14.9 Å². The highest BCUT2D eigenvalue weighted by atomic mass is 35.5. The van der Waals surface area contributed by atoms with Gasteiger partial charge < -0.3 is 4.74 Å². The standard InChI is InChI=1S/C31H33Cl3N6O4S2/c1-19-13-28(35-16-25(19)34)40-27(31(2,3)21-8-10-23(32)26(14-21)44-4)17-36-30(40)45-18-20-7-9-22(15-24(20)33)46(42,43)38-29(41)37-39-11-5-6-12-39/h7-10,13-17H,5-6,11-12,18H2,1-4H3,(H2,37,38,41). The molecule has 244 valence electrons. The van der Waals surface area contributed by atoms with Gasteiger partial charge in [-0.15, -0.1) is 0 Å². The number of methoxy groups -OCH3 is 1. The van der Waals surface area contributed by atoms with Crippen molar-refractivity contribution < 1.29 is 17.9 Å². The summed E-state index contributed by atoms with van der Waals surface area (Å²) in [4.78, 5) is 21.6. The summed E-state index contributed by atoms with van der Waals surface area (Å²) in [6.45, 7) is 7.41. The van der Waals surface area contributed by atoms with Crippen molar-refractivity contribution in [3.8, 4) is 11.6 Å². The van der Waals surface area contributed by atoms with Crippen LogP contribution in [0.25, 0.3) is 5.82 Å². The van der Waals surface area contributed by atoms with E-state index in [0.717, 1.165) is 29.7 Å². The van der Waals surface area contributed by atoms with Gasteiger partial charge in [-0.3, -0.25) is 9.99 Å². The summed E-state index contributed by atoms with van der Waals surface area (Å²) in [6, 6.07) is 11.1. The third kappa shape index (κ3) is 7.42. The number of aryl methyl sites for hydroxylation is 1. The molecule has 10 nitrogen and oxygen atoms in total. The van der Waals surface area contributed by atoms with E-state index in [0.29, 0.717) is 51.2 Å². The molecule has 0 spiro atoms. The van der Waals surface area contributed by atoms with E-state index in [1.54, 1.807) is 30.4 Å². The normalized spacial score (nSPS) is 14.0. The van der Waals surface area contributed by atoms with Gasteiger partial charge in [0.2, 0.25) is 0 Å². The molecule has 0 unspecified atom stereocenters.